The van der Waals surface area contributed by atoms with Crippen molar-refractivity contribution in [3.05, 3.63) is 70.5 Å². The van der Waals surface area contributed by atoms with E-state index in [1.54, 1.807) is 11.6 Å². The zero-order valence-corrected chi connectivity index (χ0v) is 14.0. The number of anilines is 1. The summed E-state index contributed by atoms with van der Waals surface area (Å²) in [5.41, 5.74) is 3.38. The quantitative estimate of drug-likeness (QED) is 0.789. The van der Waals surface area contributed by atoms with Gasteiger partial charge in [0.2, 0.25) is 0 Å². The van der Waals surface area contributed by atoms with Gasteiger partial charge in [0.1, 0.15) is 11.6 Å². The van der Waals surface area contributed by atoms with Gasteiger partial charge in [0.25, 0.3) is 5.91 Å². The Hall–Kier alpha value is -3.09. The van der Waals surface area contributed by atoms with Crippen molar-refractivity contribution < 1.29 is 13.6 Å². The summed E-state index contributed by atoms with van der Waals surface area (Å²) in [6, 6.07) is 8.81. The number of aromatic nitrogens is 3. The Morgan fingerprint density at radius 3 is 2.36 bits per heavy atom. The molecule has 128 valence electrons. The average Bonchev–Trinajstić information content (AvgIpc) is 2.91. The van der Waals surface area contributed by atoms with Gasteiger partial charge < -0.3 is 5.32 Å². The lowest BCUT2D eigenvalue weighted by Crippen LogP contribution is -2.15. The SMILES string of the molecule is Cc1cc(C)cc(-n2nnc(C(=O)Nc3ccc(F)cc3F)c2C)c1. The molecule has 1 amide bonds. The van der Waals surface area contributed by atoms with Crippen molar-refractivity contribution in [2.24, 2.45) is 0 Å². The molecule has 0 radical (unpaired) electrons. The van der Waals surface area contributed by atoms with E-state index >= 15 is 0 Å². The van der Waals surface area contributed by atoms with Crippen LogP contribution >= 0.6 is 0 Å². The van der Waals surface area contributed by atoms with Gasteiger partial charge in [-0.25, -0.2) is 13.5 Å². The number of aryl methyl sites for hydroxylation is 2. The van der Waals surface area contributed by atoms with Crippen LogP contribution in [0.5, 0.6) is 0 Å². The maximum atomic E-state index is 13.7. The molecule has 5 nitrogen and oxygen atoms in total. The minimum absolute atomic E-state index is 0.0721. The number of carbonyl (C=O) groups excluding carboxylic acids is 1. The first-order chi connectivity index (χ1) is 11.8. The first-order valence-corrected chi connectivity index (χ1v) is 7.62. The lowest BCUT2D eigenvalue weighted by atomic mass is 10.1. The van der Waals surface area contributed by atoms with Crippen molar-refractivity contribution in [3.63, 3.8) is 0 Å². The van der Waals surface area contributed by atoms with E-state index in [1.807, 2.05) is 32.0 Å². The summed E-state index contributed by atoms with van der Waals surface area (Å²) in [6.45, 7) is 5.63. The second-order valence-corrected chi connectivity index (χ2v) is 5.86. The smallest absolute Gasteiger partial charge is 0.278 e. The Labute approximate surface area is 143 Å². The third kappa shape index (κ3) is 3.40. The first-order valence-electron chi connectivity index (χ1n) is 7.62. The van der Waals surface area contributed by atoms with Crippen LogP contribution in [-0.2, 0) is 0 Å². The minimum atomic E-state index is -0.854. The molecular weight excluding hydrogens is 326 g/mol. The van der Waals surface area contributed by atoms with Gasteiger partial charge in [0, 0.05) is 6.07 Å². The van der Waals surface area contributed by atoms with Gasteiger partial charge in [0.15, 0.2) is 5.69 Å². The zero-order chi connectivity index (χ0) is 18.1. The highest BCUT2D eigenvalue weighted by molar-refractivity contribution is 6.03. The third-order valence-electron chi connectivity index (χ3n) is 3.74. The van der Waals surface area contributed by atoms with E-state index in [9.17, 15) is 13.6 Å². The van der Waals surface area contributed by atoms with Crippen LogP contribution in [0.1, 0.15) is 27.3 Å². The number of carbonyl (C=O) groups is 1. The van der Waals surface area contributed by atoms with Crippen LogP contribution in [0.4, 0.5) is 14.5 Å². The van der Waals surface area contributed by atoms with Crippen molar-refractivity contribution >= 4 is 11.6 Å². The molecule has 0 atom stereocenters. The molecule has 2 aromatic carbocycles. The maximum Gasteiger partial charge on any atom is 0.278 e. The minimum Gasteiger partial charge on any atom is -0.318 e. The van der Waals surface area contributed by atoms with Gasteiger partial charge in [-0.2, -0.15) is 0 Å². The van der Waals surface area contributed by atoms with Crippen LogP contribution in [0.15, 0.2) is 36.4 Å². The van der Waals surface area contributed by atoms with Gasteiger partial charge >= 0.3 is 0 Å². The summed E-state index contributed by atoms with van der Waals surface area (Å²) in [7, 11) is 0. The summed E-state index contributed by atoms with van der Waals surface area (Å²) in [5.74, 6) is -2.18. The second-order valence-electron chi connectivity index (χ2n) is 5.86. The second kappa shape index (κ2) is 6.43. The normalized spacial score (nSPS) is 10.8. The highest BCUT2D eigenvalue weighted by Crippen LogP contribution is 2.19. The fourth-order valence-electron chi connectivity index (χ4n) is 2.63. The predicted molar refractivity (Wildman–Crippen MR) is 89.9 cm³/mol. The molecular formula is C18H16F2N4O. The molecule has 0 spiro atoms. The van der Waals surface area contributed by atoms with Crippen molar-refractivity contribution in [3.8, 4) is 5.69 Å². The molecule has 1 heterocycles. The summed E-state index contributed by atoms with van der Waals surface area (Å²) >= 11 is 0. The molecule has 0 fully saturated rings. The van der Waals surface area contributed by atoms with Gasteiger partial charge in [-0.1, -0.05) is 11.3 Å². The Morgan fingerprint density at radius 2 is 1.72 bits per heavy atom. The lowest BCUT2D eigenvalue weighted by molar-refractivity contribution is 0.102. The average molecular weight is 342 g/mol. The maximum absolute atomic E-state index is 13.7. The van der Waals surface area contributed by atoms with E-state index in [-0.39, 0.29) is 11.4 Å². The molecule has 1 aromatic heterocycles. The van der Waals surface area contributed by atoms with E-state index < -0.39 is 17.5 Å². The highest BCUT2D eigenvalue weighted by Gasteiger charge is 2.19. The molecule has 7 heteroatoms. The van der Waals surface area contributed by atoms with Crippen molar-refractivity contribution in [1.29, 1.82) is 0 Å². The number of nitrogens with zero attached hydrogens (tertiary/aromatic N) is 3. The Kier molecular flexibility index (Phi) is 4.31. The Bertz CT molecular complexity index is 945. The van der Waals surface area contributed by atoms with Crippen LogP contribution < -0.4 is 5.32 Å². The van der Waals surface area contributed by atoms with Gasteiger partial charge in [-0.3, -0.25) is 4.79 Å². The molecule has 0 aliphatic carbocycles. The van der Waals surface area contributed by atoms with Gasteiger partial charge in [-0.05, 0) is 56.2 Å². The number of hydrogen-bond acceptors (Lipinski definition) is 3. The van der Waals surface area contributed by atoms with Crippen LogP contribution in [-0.4, -0.2) is 20.9 Å². The molecule has 1 N–H and O–H groups in total. The molecule has 0 aliphatic rings. The highest BCUT2D eigenvalue weighted by atomic mass is 19.1. The number of amides is 1. The molecule has 3 rings (SSSR count). The van der Waals surface area contributed by atoms with E-state index in [2.05, 4.69) is 15.6 Å². The number of nitrogens with one attached hydrogen (secondary N) is 1. The molecule has 0 aliphatic heterocycles. The van der Waals surface area contributed by atoms with Gasteiger partial charge in [0.05, 0.1) is 17.1 Å². The number of hydrogen-bond donors (Lipinski definition) is 1. The van der Waals surface area contributed by atoms with Crippen LogP contribution in [0.3, 0.4) is 0 Å². The van der Waals surface area contributed by atoms with Crippen LogP contribution in [0.25, 0.3) is 5.69 Å². The molecule has 0 unspecified atom stereocenters. The number of rotatable bonds is 3. The largest absolute Gasteiger partial charge is 0.318 e. The summed E-state index contributed by atoms with van der Waals surface area (Å²) in [6.07, 6.45) is 0. The molecule has 0 bridgehead atoms. The standard InChI is InChI=1S/C18H16F2N4O/c1-10-6-11(2)8-14(7-10)24-12(3)17(22-23-24)18(25)21-16-5-4-13(19)9-15(16)20/h4-9H,1-3H3,(H,21,25). The van der Waals surface area contributed by atoms with Crippen molar-refractivity contribution in [2.45, 2.75) is 20.8 Å². The Balaban J connectivity index is 1.91. The first kappa shape index (κ1) is 16.8. The van der Waals surface area contributed by atoms with E-state index in [1.165, 1.54) is 0 Å². The molecule has 0 saturated heterocycles. The zero-order valence-electron chi connectivity index (χ0n) is 14.0. The van der Waals surface area contributed by atoms with E-state index in [0.29, 0.717) is 11.8 Å². The van der Waals surface area contributed by atoms with Crippen LogP contribution in [0, 0.1) is 32.4 Å². The Morgan fingerprint density at radius 1 is 1.04 bits per heavy atom. The summed E-state index contributed by atoms with van der Waals surface area (Å²) < 4.78 is 28.2. The molecule has 3 aromatic rings. The van der Waals surface area contributed by atoms with E-state index in [4.69, 9.17) is 0 Å². The summed E-state index contributed by atoms with van der Waals surface area (Å²) in [4.78, 5) is 12.4. The van der Waals surface area contributed by atoms with E-state index in [0.717, 1.165) is 28.9 Å². The summed E-state index contributed by atoms with van der Waals surface area (Å²) in [5, 5.41) is 10.3. The monoisotopic (exact) mass is 342 g/mol. The van der Waals surface area contributed by atoms with Gasteiger partial charge in [-0.15, -0.1) is 5.10 Å². The lowest BCUT2D eigenvalue weighted by Gasteiger charge is -2.07. The third-order valence-corrected chi connectivity index (χ3v) is 3.74. The number of benzene rings is 2. The fourth-order valence-corrected chi connectivity index (χ4v) is 2.63. The molecule has 25 heavy (non-hydrogen) atoms. The molecule has 0 saturated carbocycles. The number of halogens is 2. The van der Waals surface area contributed by atoms with Crippen molar-refractivity contribution in [2.75, 3.05) is 5.32 Å². The topological polar surface area (TPSA) is 59.8 Å². The van der Waals surface area contributed by atoms with Crippen LogP contribution in [0.2, 0.25) is 0 Å². The van der Waals surface area contributed by atoms with Crippen molar-refractivity contribution in [1.82, 2.24) is 15.0 Å². The predicted octanol–water partition coefficient (Wildman–Crippen LogP) is 3.72. The fraction of sp³-hybridized carbons (Fsp3) is 0.167.